The number of carbonyl (C=O) groups is 1. The summed E-state index contributed by atoms with van der Waals surface area (Å²) in [4.78, 5) is 14.1. The number of benzene rings is 1. The van der Waals surface area contributed by atoms with Crippen LogP contribution >= 0.6 is 11.6 Å². The van der Waals surface area contributed by atoms with Gasteiger partial charge in [0.1, 0.15) is 5.75 Å². The number of rotatable bonds is 4. The smallest absolute Gasteiger partial charge is 0.274 e. The van der Waals surface area contributed by atoms with E-state index in [1.165, 1.54) is 0 Å². The van der Waals surface area contributed by atoms with Crippen molar-refractivity contribution in [2.75, 3.05) is 25.5 Å². The van der Waals surface area contributed by atoms with Gasteiger partial charge in [-0.2, -0.15) is 0 Å². The van der Waals surface area contributed by atoms with Crippen molar-refractivity contribution in [2.45, 2.75) is 19.8 Å². The van der Waals surface area contributed by atoms with Gasteiger partial charge >= 0.3 is 0 Å². The number of nitrogens with zero attached hydrogens (tertiary/aromatic N) is 3. The van der Waals surface area contributed by atoms with E-state index in [0.717, 1.165) is 37.2 Å². The third-order valence-corrected chi connectivity index (χ3v) is 4.43. The minimum Gasteiger partial charge on any atom is -0.495 e. The van der Waals surface area contributed by atoms with Gasteiger partial charge in [0.2, 0.25) is 0 Å². The molecule has 2 aromatic rings. The van der Waals surface area contributed by atoms with Crippen LogP contribution in [0.5, 0.6) is 5.75 Å². The number of hydrogen-bond donors (Lipinski definition) is 1. The molecule has 6 nitrogen and oxygen atoms in total. The van der Waals surface area contributed by atoms with Gasteiger partial charge in [-0.25, -0.2) is 0 Å². The average molecular weight is 347 g/mol. The predicted octanol–water partition coefficient (Wildman–Crippen LogP) is 3.43. The van der Waals surface area contributed by atoms with E-state index in [1.807, 2.05) is 17.9 Å². The van der Waals surface area contributed by atoms with Gasteiger partial charge in [0.25, 0.3) is 5.91 Å². The Hall–Kier alpha value is -2.34. The van der Waals surface area contributed by atoms with Crippen LogP contribution in [0.15, 0.2) is 24.3 Å². The molecule has 0 unspecified atom stereocenters. The van der Waals surface area contributed by atoms with Crippen LogP contribution in [-0.2, 0) is 0 Å². The van der Waals surface area contributed by atoms with Gasteiger partial charge < -0.3 is 15.0 Å². The number of carbonyl (C=O) groups excluding carboxylic acids is 1. The first kappa shape index (κ1) is 16.5. The van der Waals surface area contributed by atoms with E-state index in [1.54, 1.807) is 25.3 Å². The molecule has 0 saturated carbocycles. The zero-order chi connectivity index (χ0) is 17.1. The fraction of sp³-hybridized carbons (Fsp3) is 0.353. The van der Waals surface area contributed by atoms with Crippen LogP contribution < -0.4 is 10.1 Å². The molecule has 1 amide bonds. The van der Waals surface area contributed by atoms with Gasteiger partial charge in [-0.3, -0.25) is 4.79 Å². The Kier molecular flexibility index (Phi) is 4.85. The molecule has 1 fully saturated rings. The van der Waals surface area contributed by atoms with Crippen molar-refractivity contribution in [3.8, 4) is 5.75 Å². The number of aromatic nitrogens is 2. The summed E-state index contributed by atoms with van der Waals surface area (Å²) in [6, 6.07) is 7.05. The first-order valence-electron chi connectivity index (χ1n) is 7.82. The minimum absolute atomic E-state index is 0.0635. The molecule has 0 spiro atoms. The van der Waals surface area contributed by atoms with Gasteiger partial charge in [-0.15, -0.1) is 10.2 Å². The first-order chi connectivity index (χ1) is 11.6. The predicted molar refractivity (Wildman–Crippen MR) is 93.2 cm³/mol. The fourth-order valence-corrected chi connectivity index (χ4v) is 2.82. The Labute approximate surface area is 145 Å². The Morgan fingerprint density at radius 2 is 2.00 bits per heavy atom. The molecule has 0 radical (unpaired) electrons. The highest BCUT2D eigenvalue weighted by Gasteiger charge is 2.20. The third kappa shape index (κ3) is 3.43. The van der Waals surface area contributed by atoms with E-state index < -0.39 is 0 Å². The lowest BCUT2D eigenvalue weighted by atomic mass is 10.2. The summed E-state index contributed by atoms with van der Waals surface area (Å²) < 4.78 is 5.33. The highest BCUT2D eigenvalue weighted by atomic mass is 35.5. The maximum Gasteiger partial charge on any atom is 0.274 e. The van der Waals surface area contributed by atoms with Gasteiger partial charge in [-0.05, 0) is 43.5 Å². The normalized spacial score (nSPS) is 13.9. The van der Waals surface area contributed by atoms with E-state index in [4.69, 9.17) is 16.3 Å². The Bertz CT molecular complexity index is 743. The second-order valence-corrected chi connectivity index (χ2v) is 6.14. The zero-order valence-electron chi connectivity index (χ0n) is 13.7. The number of amides is 1. The van der Waals surface area contributed by atoms with Crippen molar-refractivity contribution >= 4 is 29.0 Å². The van der Waals surface area contributed by atoms with E-state index in [-0.39, 0.29) is 5.91 Å². The number of aryl methyl sites for hydroxylation is 1. The van der Waals surface area contributed by atoms with Crippen LogP contribution in [0.3, 0.4) is 0 Å². The molecule has 3 rings (SSSR count). The average Bonchev–Trinajstić information content (AvgIpc) is 3.12. The fourth-order valence-electron chi connectivity index (χ4n) is 2.66. The van der Waals surface area contributed by atoms with E-state index in [0.29, 0.717) is 22.3 Å². The summed E-state index contributed by atoms with van der Waals surface area (Å²) in [5.74, 6) is 1.09. The molecule has 24 heavy (non-hydrogen) atoms. The molecular weight excluding hydrogens is 328 g/mol. The molecule has 7 heteroatoms. The molecule has 1 aromatic carbocycles. The van der Waals surface area contributed by atoms with Crippen molar-refractivity contribution in [1.82, 2.24) is 15.1 Å². The van der Waals surface area contributed by atoms with E-state index in [2.05, 4.69) is 15.5 Å². The SMILES string of the molecule is COc1cc(Cl)c(C)cc1Nc1ccc(C(=O)N2CCCC2)nn1. The van der Waals surface area contributed by atoms with E-state index >= 15 is 0 Å². The lowest BCUT2D eigenvalue weighted by Gasteiger charge is -2.15. The van der Waals surface area contributed by atoms with Gasteiger partial charge in [-0.1, -0.05) is 11.6 Å². The quantitative estimate of drug-likeness (QED) is 0.918. The van der Waals surface area contributed by atoms with Gasteiger partial charge in [0.15, 0.2) is 11.5 Å². The van der Waals surface area contributed by atoms with Crippen LogP contribution in [0.4, 0.5) is 11.5 Å². The Morgan fingerprint density at radius 1 is 1.25 bits per heavy atom. The molecule has 1 aromatic heterocycles. The van der Waals surface area contributed by atoms with Crippen LogP contribution in [-0.4, -0.2) is 41.2 Å². The first-order valence-corrected chi connectivity index (χ1v) is 8.20. The molecule has 126 valence electrons. The maximum atomic E-state index is 12.3. The maximum absolute atomic E-state index is 12.3. The molecular formula is C17H19ClN4O2. The number of anilines is 2. The third-order valence-electron chi connectivity index (χ3n) is 4.02. The van der Waals surface area contributed by atoms with Crippen LogP contribution in [0, 0.1) is 6.92 Å². The molecule has 1 saturated heterocycles. The summed E-state index contributed by atoms with van der Waals surface area (Å²) in [6.07, 6.45) is 2.10. The molecule has 1 aliphatic heterocycles. The molecule has 0 aliphatic carbocycles. The molecule has 0 atom stereocenters. The summed E-state index contributed by atoms with van der Waals surface area (Å²) in [6.45, 7) is 3.50. The molecule has 0 bridgehead atoms. The van der Waals surface area contributed by atoms with Gasteiger partial charge in [0, 0.05) is 24.2 Å². The van der Waals surface area contributed by atoms with Crippen LogP contribution in [0.25, 0.3) is 0 Å². The largest absolute Gasteiger partial charge is 0.495 e. The standard InChI is InChI=1S/C17H19ClN4O2/c1-11-9-14(15(24-2)10-12(11)18)19-16-6-5-13(20-21-16)17(23)22-7-3-4-8-22/h5-6,9-10H,3-4,7-8H2,1-2H3,(H,19,21). The van der Waals surface area contributed by atoms with Crippen molar-refractivity contribution in [3.63, 3.8) is 0 Å². The molecule has 1 N–H and O–H groups in total. The number of methoxy groups -OCH3 is 1. The minimum atomic E-state index is -0.0635. The van der Waals surface area contributed by atoms with Crippen molar-refractivity contribution in [3.05, 3.63) is 40.5 Å². The Morgan fingerprint density at radius 3 is 2.62 bits per heavy atom. The summed E-state index contributed by atoms with van der Waals surface area (Å²) in [5, 5.41) is 11.9. The van der Waals surface area contributed by atoms with E-state index in [9.17, 15) is 4.79 Å². The number of ether oxygens (including phenoxy) is 1. The summed E-state index contributed by atoms with van der Waals surface area (Å²) in [5.41, 5.74) is 2.03. The van der Waals surface area contributed by atoms with Crippen molar-refractivity contribution < 1.29 is 9.53 Å². The molecule has 2 heterocycles. The highest BCUT2D eigenvalue weighted by molar-refractivity contribution is 6.31. The number of hydrogen-bond acceptors (Lipinski definition) is 5. The van der Waals surface area contributed by atoms with Crippen LogP contribution in [0.1, 0.15) is 28.9 Å². The zero-order valence-corrected chi connectivity index (χ0v) is 14.4. The summed E-state index contributed by atoms with van der Waals surface area (Å²) in [7, 11) is 1.58. The second kappa shape index (κ2) is 7.05. The number of nitrogens with one attached hydrogen (secondary N) is 1. The van der Waals surface area contributed by atoms with Crippen LogP contribution in [0.2, 0.25) is 5.02 Å². The molecule has 1 aliphatic rings. The van der Waals surface area contributed by atoms with Gasteiger partial charge in [0.05, 0.1) is 12.8 Å². The van der Waals surface area contributed by atoms with Crippen molar-refractivity contribution in [2.24, 2.45) is 0 Å². The number of halogens is 1. The second-order valence-electron chi connectivity index (χ2n) is 5.73. The topological polar surface area (TPSA) is 67.3 Å². The Balaban J connectivity index is 1.77. The monoisotopic (exact) mass is 346 g/mol. The lowest BCUT2D eigenvalue weighted by Crippen LogP contribution is -2.28. The highest BCUT2D eigenvalue weighted by Crippen LogP contribution is 2.32. The van der Waals surface area contributed by atoms with Crippen molar-refractivity contribution in [1.29, 1.82) is 0 Å². The number of likely N-dealkylation sites (tertiary alicyclic amines) is 1. The summed E-state index contributed by atoms with van der Waals surface area (Å²) >= 11 is 6.11. The lowest BCUT2D eigenvalue weighted by molar-refractivity contribution is 0.0786.